The average molecular weight is 271 g/mol. The number of carbonyl (C=O) groups is 1. The van der Waals surface area contributed by atoms with Crippen molar-refractivity contribution in [2.75, 3.05) is 13.1 Å². The molecule has 1 aromatic carbocycles. The summed E-state index contributed by atoms with van der Waals surface area (Å²) in [6.07, 6.45) is 1.66. The molecule has 2 aromatic rings. The minimum absolute atomic E-state index is 0.163. The molecule has 0 aliphatic rings. The fraction of sp³-hybridized carbons (Fsp3) is 0.353. The van der Waals surface area contributed by atoms with E-state index in [1.165, 1.54) is 5.56 Å². The van der Waals surface area contributed by atoms with Crippen molar-refractivity contribution >= 4 is 5.78 Å². The average Bonchev–Trinajstić information content (AvgIpc) is 2.90. The summed E-state index contributed by atoms with van der Waals surface area (Å²) in [5, 5.41) is 0. The summed E-state index contributed by atoms with van der Waals surface area (Å²) in [5.74, 6) is 1.05. The molecule has 0 amide bonds. The zero-order chi connectivity index (χ0) is 14.5. The van der Waals surface area contributed by atoms with Gasteiger partial charge in [0.2, 0.25) is 0 Å². The molecule has 0 unspecified atom stereocenters. The predicted octanol–water partition coefficient (Wildman–Crippen LogP) is 3.60. The second-order valence-corrected chi connectivity index (χ2v) is 5.12. The fourth-order valence-corrected chi connectivity index (χ4v) is 2.32. The van der Waals surface area contributed by atoms with E-state index in [0.29, 0.717) is 13.1 Å². The van der Waals surface area contributed by atoms with E-state index in [0.717, 1.165) is 23.4 Å². The molecule has 0 aliphatic heterocycles. The number of Topliss-reactive ketones (excluding diaryl/α,β-unsaturated/α-hetero) is 1. The Morgan fingerprint density at radius 3 is 2.65 bits per heavy atom. The molecule has 0 fully saturated rings. The number of ketones is 1. The van der Waals surface area contributed by atoms with Crippen LogP contribution >= 0.6 is 0 Å². The molecule has 2 rings (SSSR count). The molecule has 1 heterocycles. The van der Waals surface area contributed by atoms with Crippen LogP contribution in [0.25, 0.3) is 0 Å². The number of rotatable bonds is 6. The molecule has 1 aromatic heterocycles. The van der Waals surface area contributed by atoms with Gasteiger partial charge in [0.1, 0.15) is 5.76 Å². The second kappa shape index (κ2) is 6.53. The summed E-state index contributed by atoms with van der Waals surface area (Å²) < 4.78 is 5.34. The molecule has 20 heavy (non-hydrogen) atoms. The van der Waals surface area contributed by atoms with Crippen LogP contribution < -0.4 is 0 Å². The van der Waals surface area contributed by atoms with Crippen molar-refractivity contribution in [3.8, 4) is 0 Å². The summed E-state index contributed by atoms with van der Waals surface area (Å²) >= 11 is 0. The van der Waals surface area contributed by atoms with E-state index >= 15 is 0 Å². The van der Waals surface area contributed by atoms with Gasteiger partial charge in [0.15, 0.2) is 5.78 Å². The van der Waals surface area contributed by atoms with Gasteiger partial charge in [0.25, 0.3) is 0 Å². The monoisotopic (exact) mass is 271 g/mol. The summed E-state index contributed by atoms with van der Waals surface area (Å²) in [6.45, 7) is 7.98. The van der Waals surface area contributed by atoms with Gasteiger partial charge in [0, 0.05) is 5.56 Å². The molecule has 3 heteroatoms. The van der Waals surface area contributed by atoms with Crippen molar-refractivity contribution in [3.05, 3.63) is 59.0 Å². The van der Waals surface area contributed by atoms with Gasteiger partial charge in [-0.05, 0) is 38.1 Å². The van der Waals surface area contributed by atoms with Crippen molar-refractivity contribution in [1.29, 1.82) is 0 Å². The van der Waals surface area contributed by atoms with Crippen molar-refractivity contribution in [1.82, 2.24) is 4.90 Å². The largest absolute Gasteiger partial charge is 0.468 e. The standard InChI is InChI=1S/C17H21NO2/c1-4-18(11-15-6-5-9-20-15)12-17(19)16-8-7-13(2)10-14(16)3/h5-10H,4,11-12H2,1-3H3. The molecule has 3 nitrogen and oxygen atoms in total. The Balaban J connectivity index is 2.05. The Hall–Kier alpha value is -1.87. The number of likely N-dealkylation sites (N-methyl/N-ethyl adjacent to an activating group) is 1. The highest BCUT2D eigenvalue weighted by molar-refractivity contribution is 5.98. The lowest BCUT2D eigenvalue weighted by Crippen LogP contribution is -2.29. The first-order chi connectivity index (χ1) is 9.60. The lowest BCUT2D eigenvalue weighted by atomic mass is 10.0. The third-order valence-corrected chi connectivity index (χ3v) is 3.46. The first kappa shape index (κ1) is 14.5. The van der Waals surface area contributed by atoms with Crippen LogP contribution in [0.2, 0.25) is 0 Å². The Morgan fingerprint density at radius 1 is 1.25 bits per heavy atom. The molecule has 0 bridgehead atoms. The van der Waals surface area contributed by atoms with Gasteiger partial charge in [-0.2, -0.15) is 0 Å². The molecule has 0 saturated carbocycles. The highest BCUT2D eigenvalue weighted by atomic mass is 16.3. The quantitative estimate of drug-likeness (QED) is 0.753. The van der Waals surface area contributed by atoms with E-state index < -0.39 is 0 Å². The van der Waals surface area contributed by atoms with E-state index in [1.807, 2.05) is 38.1 Å². The highest BCUT2D eigenvalue weighted by Crippen LogP contribution is 2.13. The minimum Gasteiger partial charge on any atom is -0.468 e. The minimum atomic E-state index is 0.163. The number of hydrogen-bond acceptors (Lipinski definition) is 3. The molecule has 0 spiro atoms. The van der Waals surface area contributed by atoms with Gasteiger partial charge < -0.3 is 4.42 Å². The molecule has 0 saturated heterocycles. The maximum atomic E-state index is 12.4. The molecule has 0 radical (unpaired) electrons. The van der Waals surface area contributed by atoms with Gasteiger partial charge in [-0.25, -0.2) is 0 Å². The van der Waals surface area contributed by atoms with Gasteiger partial charge in [0.05, 0.1) is 19.4 Å². The lowest BCUT2D eigenvalue weighted by molar-refractivity contribution is 0.0924. The third-order valence-electron chi connectivity index (χ3n) is 3.46. The van der Waals surface area contributed by atoms with Crippen LogP contribution in [0.4, 0.5) is 0 Å². The second-order valence-electron chi connectivity index (χ2n) is 5.12. The Labute approximate surface area is 120 Å². The number of nitrogens with zero attached hydrogens (tertiary/aromatic N) is 1. The lowest BCUT2D eigenvalue weighted by Gasteiger charge is -2.18. The summed E-state index contributed by atoms with van der Waals surface area (Å²) in [5.41, 5.74) is 3.04. The van der Waals surface area contributed by atoms with Crippen LogP contribution in [0.3, 0.4) is 0 Å². The topological polar surface area (TPSA) is 33.5 Å². The van der Waals surface area contributed by atoms with Gasteiger partial charge in [-0.15, -0.1) is 0 Å². The molecule has 106 valence electrons. The summed E-state index contributed by atoms with van der Waals surface area (Å²) in [6, 6.07) is 9.77. The zero-order valence-electron chi connectivity index (χ0n) is 12.3. The fourth-order valence-electron chi connectivity index (χ4n) is 2.32. The zero-order valence-corrected chi connectivity index (χ0v) is 12.3. The van der Waals surface area contributed by atoms with E-state index in [9.17, 15) is 4.79 Å². The first-order valence-corrected chi connectivity index (χ1v) is 6.95. The number of furan rings is 1. The van der Waals surface area contributed by atoms with Crippen molar-refractivity contribution in [3.63, 3.8) is 0 Å². The van der Waals surface area contributed by atoms with Crippen molar-refractivity contribution < 1.29 is 9.21 Å². The van der Waals surface area contributed by atoms with E-state index in [4.69, 9.17) is 4.42 Å². The van der Waals surface area contributed by atoms with Crippen LogP contribution in [0, 0.1) is 13.8 Å². The highest BCUT2D eigenvalue weighted by Gasteiger charge is 2.14. The van der Waals surface area contributed by atoms with E-state index in [1.54, 1.807) is 6.26 Å². The smallest absolute Gasteiger partial charge is 0.177 e. The van der Waals surface area contributed by atoms with E-state index in [-0.39, 0.29) is 5.78 Å². The van der Waals surface area contributed by atoms with Crippen LogP contribution in [-0.4, -0.2) is 23.8 Å². The van der Waals surface area contributed by atoms with Crippen LogP contribution in [0.15, 0.2) is 41.0 Å². The summed E-state index contributed by atoms with van der Waals surface area (Å²) in [4.78, 5) is 14.5. The molecule has 0 atom stereocenters. The SMILES string of the molecule is CCN(CC(=O)c1ccc(C)cc1C)Cc1ccco1. The number of carbonyl (C=O) groups excluding carboxylic acids is 1. The number of hydrogen-bond donors (Lipinski definition) is 0. The molecule has 0 N–H and O–H groups in total. The maximum absolute atomic E-state index is 12.4. The number of aryl methyl sites for hydroxylation is 2. The third kappa shape index (κ3) is 3.58. The molecule has 0 aliphatic carbocycles. The normalized spacial score (nSPS) is 11.0. The van der Waals surface area contributed by atoms with E-state index in [2.05, 4.69) is 17.9 Å². The van der Waals surface area contributed by atoms with Crippen LogP contribution in [-0.2, 0) is 6.54 Å². The van der Waals surface area contributed by atoms with Crippen LogP contribution in [0.5, 0.6) is 0 Å². The maximum Gasteiger partial charge on any atom is 0.177 e. The van der Waals surface area contributed by atoms with Gasteiger partial charge in [-0.1, -0.05) is 30.7 Å². The first-order valence-electron chi connectivity index (χ1n) is 6.95. The Morgan fingerprint density at radius 2 is 2.05 bits per heavy atom. The number of benzene rings is 1. The van der Waals surface area contributed by atoms with Crippen LogP contribution in [0.1, 0.15) is 34.2 Å². The van der Waals surface area contributed by atoms with Gasteiger partial charge in [-0.3, -0.25) is 9.69 Å². The van der Waals surface area contributed by atoms with Crippen molar-refractivity contribution in [2.45, 2.75) is 27.3 Å². The Kier molecular flexibility index (Phi) is 4.74. The molecular weight excluding hydrogens is 250 g/mol. The Bertz CT molecular complexity index is 573. The predicted molar refractivity (Wildman–Crippen MR) is 79.9 cm³/mol. The van der Waals surface area contributed by atoms with Gasteiger partial charge >= 0.3 is 0 Å². The van der Waals surface area contributed by atoms with Crippen molar-refractivity contribution in [2.24, 2.45) is 0 Å². The molecular formula is C17H21NO2. The summed E-state index contributed by atoms with van der Waals surface area (Å²) in [7, 11) is 0.